The normalized spacial score (nSPS) is 12.2. The van der Waals surface area contributed by atoms with Gasteiger partial charge in [-0.3, -0.25) is 9.36 Å². The number of benzene rings is 2. The Balaban J connectivity index is 1.76. The number of amides is 1. The van der Waals surface area contributed by atoms with Crippen LogP contribution in [-0.4, -0.2) is 10.5 Å². The molecular formula is C20H22N2O3. The van der Waals surface area contributed by atoms with E-state index in [1.54, 1.807) is 25.1 Å². The number of nitrogens with one attached hydrogen (secondary N) is 1. The highest BCUT2D eigenvalue weighted by Gasteiger charge is 2.21. The van der Waals surface area contributed by atoms with Gasteiger partial charge in [-0.05, 0) is 49.6 Å². The number of fused-ring (bicyclic) bond motifs is 1. The van der Waals surface area contributed by atoms with E-state index >= 15 is 0 Å². The monoisotopic (exact) mass is 338 g/mol. The van der Waals surface area contributed by atoms with Gasteiger partial charge in [0.05, 0.1) is 5.52 Å². The lowest BCUT2D eigenvalue weighted by molar-refractivity contribution is -0.118. The number of aryl methyl sites for hydroxylation is 1. The maximum atomic E-state index is 12.6. The average molecular weight is 338 g/mol. The molecule has 0 fully saturated rings. The second-order valence-corrected chi connectivity index (χ2v) is 6.17. The number of unbranched alkanes of at least 4 members (excludes halogenated alkanes) is 1. The third-order valence-electron chi connectivity index (χ3n) is 4.33. The topological polar surface area (TPSA) is 64.2 Å². The van der Waals surface area contributed by atoms with E-state index in [-0.39, 0.29) is 5.91 Å². The molecule has 3 aromatic rings. The van der Waals surface area contributed by atoms with Gasteiger partial charge in [0.1, 0.15) is 6.04 Å². The first-order valence-electron chi connectivity index (χ1n) is 8.60. The lowest BCUT2D eigenvalue weighted by atomic mass is 10.1. The van der Waals surface area contributed by atoms with Crippen molar-refractivity contribution in [1.29, 1.82) is 0 Å². The number of nitrogens with zero attached hydrogens (tertiary/aromatic N) is 1. The van der Waals surface area contributed by atoms with Gasteiger partial charge in [-0.2, -0.15) is 0 Å². The Labute approximate surface area is 146 Å². The Morgan fingerprint density at radius 2 is 1.88 bits per heavy atom. The Kier molecular flexibility index (Phi) is 5.03. The highest BCUT2D eigenvalue weighted by Crippen LogP contribution is 2.18. The van der Waals surface area contributed by atoms with E-state index in [0.717, 1.165) is 24.9 Å². The SMILES string of the molecule is CCCCc1ccc(NC(=O)[C@H](C)n2c(=O)oc3ccccc32)cc1. The van der Waals surface area contributed by atoms with Crippen molar-refractivity contribution in [2.45, 2.75) is 39.2 Å². The summed E-state index contributed by atoms with van der Waals surface area (Å²) >= 11 is 0. The molecule has 25 heavy (non-hydrogen) atoms. The summed E-state index contributed by atoms with van der Waals surface area (Å²) < 4.78 is 6.58. The first kappa shape index (κ1) is 17.0. The third kappa shape index (κ3) is 3.65. The van der Waals surface area contributed by atoms with Gasteiger partial charge in [-0.15, -0.1) is 0 Å². The molecule has 1 N–H and O–H groups in total. The molecule has 2 aromatic carbocycles. The summed E-state index contributed by atoms with van der Waals surface area (Å²) in [6.45, 7) is 3.85. The van der Waals surface area contributed by atoms with E-state index in [9.17, 15) is 9.59 Å². The molecule has 5 nitrogen and oxygen atoms in total. The molecule has 0 aliphatic carbocycles. The van der Waals surface area contributed by atoms with Gasteiger partial charge in [0.25, 0.3) is 0 Å². The minimum absolute atomic E-state index is 0.255. The predicted molar refractivity (Wildman–Crippen MR) is 98.9 cm³/mol. The first-order chi connectivity index (χ1) is 12.1. The molecule has 1 aromatic heterocycles. The number of para-hydroxylation sites is 2. The summed E-state index contributed by atoms with van der Waals surface area (Å²) in [6, 6.07) is 14.3. The molecule has 1 heterocycles. The van der Waals surface area contributed by atoms with Crippen LogP contribution in [0.5, 0.6) is 0 Å². The Morgan fingerprint density at radius 1 is 1.16 bits per heavy atom. The van der Waals surface area contributed by atoms with Crippen LogP contribution in [0.3, 0.4) is 0 Å². The zero-order valence-corrected chi connectivity index (χ0v) is 14.5. The molecule has 0 radical (unpaired) electrons. The van der Waals surface area contributed by atoms with Gasteiger partial charge in [0, 0.05) is 5.69 Å². The van der Waals surface area contributed by atoms with E-state index < -0.39 is 11.8 Å². The molecule has 130 valence electrons. The van der Waals surface area contributed by atoms with Crippen LogP contribution in [0, 0.1) is 0 Å². The number of hydrogen-bond donors (Lipinski definition) is 1. The fraction of sp³-hybridized carbons (Fsp3) is 0.300. The zero-order chi connectivity index (χ0) is 17.8. The highest BCUT2D eigenvalue weighted by atomic mass is 16.4. The van der Waals surface area contributed by atoms with Crippen molar-refractivity contribution >= 4 is 22.7 Å². The molecule has 0 saturated carbocycles. The fourth-order valence-corrected chi connectivity index (χ4v) is 2.85. The number of carbonyl (C=O) groups is 1. The van der Waals surface area contributed by atoms with Crippen molar-refractivity contribution in [2.24, 2.45) is 0 Å². The van der Waals surface area contributed by atoms with Gasteiger partial charge in [0.15, 0.2) is 5.58 Å². The number of hydrogen-bond acceptors (Lipinski definition) is 3. The van der Waals surface area contributed by atoms with E-state index in [4.69, 9.17) is 4.42 Å². The number of rotatable bonds is 6. The maximum Gasteiger partial charge on any atom is 0.420 e. The van der Waals surface area contributed by atoms with E-state index in [0.29, 0.717) is 11.1 Å². The molecule has 0 aliphatic heterocycles. The van der Waals surface area contributed by atoms with Gasteiger partial charge in [-0.1, -0.05) is 37.6 Å². The molecule has 0 aliphatic rings. The van der Waals surface area contributed by atoms with Crippen molar-refractivity contribution < 1.29 is 9.21 Å². The molecule has 0 bridgehead atoms. The van der Waals surface area contributed by atoms with Crippen LogP contribution in [-0.2, 0) is 11.2 Å². The lowest BCUT2D eigenvalue weighted by Gasteiger charge is -2.13. The number of carbonyl (C=O) groups excluding carboxylic acids is 1. The smallest absolute Gasteiger partial charge is 0.408 e. The second kappa shape index (κ2) is 7.38. The molecule has 0 saturated heterocycles. The van der Waals surface area contributed by atoms with Crippen LogP contribution < -0.4 is 11.1 Å². The molecular weight excluding hydrogens is 316 g/mol. The van der Waals surface area contributed by atoms with Crippen molar-refractivity contribution in [3.63, 3.8) is 0 Å². The number of oxazole rings is 1. The molecule has 1 atom stereocenters. The predicted octanol–water partition coefficient (Wildman–Crippen LogP) is 4.14. The van der Waals surface area contributed by atoms with Crippen molar-refractivity contribution in [3.8, 4) is 0 Å². The summed E-state index contributed by atoms with van der Waals surface area (Å²) in [5.74, 6) is -0.784. The molecule has 1 amide bonds. The van der Waals surface area contributed by atoms with Crippen LogP contribution >= 0.6 is 0 Å². The van der Waals surface area contributed by atoms with E-state index in [2.05, 4.69) is 12.2 Å². The quantitative estimate of drug-likeness (QED) is 0.735. The summed E-state index contributed by atoms with van der Waals surface area (Å²) in [4.78, 5) is 24.6. The van der Waals surface area contributed by atoms with Crippen LogP contribution in [0.1, 0.15) is 38.3 Å². The van der Waals surface area contributed by atoms with Gasteiger partial charge in [-0.25, -0.2) is 4.79 Å². The van der Waals surface area contributed by atoms with Crippen molar-refractivity contribution in [3.05, 3.63) is 64.6 Å². The summed E-state index contributed by atoms with van der Waals surface area (Å²) in [5.41, 5.74) is 3.07. The van der Waals surface area contributed by atoms with E-state index in [1.807, 2.05) is 30.3 Å². The summed E-state index contributed by atoms with van der Waals surface area (Å²) in [6.07, 6.45) is 3.35. The van der Waals surface area contributed by atoms with Gasteiger partial charge >= 0.3 is 5.76 Å². The zero-order valence-electron chi connectivity index (χ0n) is 14.5. The number of aromatic nitrogens is 1. The first-order valence-corrected chi connectivity index (χ1v) is 8.60. The van der Waals surface area contributed by atoms with Crippen molar-refractivity contribution in [1.82, 2.24) is 4.57 Å². The van der Waals surface area contributed by atoms with E-state index in [1.165, 1.54) is 10.1 Å². The van der Waals surface area contributed by atoms with Gasteiger partial charge < -0.3 is 9.73 Å². The molecule has 5 heteroatoms. The molecule has 0 unspecified atom stereocenters. The Bertz CT molecular complexity index is 922. The lowest BCUT2D eigenvalue weighted by Crippen LogP contribution is -2.29. The minimum Gasteiger partial charge on any atom is -0.408 e. The summed E-state index contributed by atoms with van der Waals surface area (Å²) in [7, 11) is 0. The van der Waals surface area contributed by atoms with Gasteiger partial charge in [0.2, 0.25) is 5.91 Å². The van der Waals surface area contributed by atoms with Crippen molar-refractivity contribution in [2.75, 3.05) is 5.32 Å². The minimum atomic E-state index is -0.670. The summed E-state index contributed by atoms with van der Waals surface area (Å²) in [5, 5.41) is 2.86. The van der Waals surface area contributed by atoms with Crippen LogP contribution in [0.15, 0.2) is 57.7 Å². The second-order valence-electron chi connectivity index (χ2n) is 6.17. The Hall–Kier alpha value is -2.82. The third-order valence-corrected chi connectivity index (χ3v) is 4.33. The molecule has 0 spiro atoms. The maximum absolute atomic E-state index is 12.6. The fourth-order valence-electron chi connectivity index (χ4n) is 2.85. The average Bonchev–Trinajstić information content (AvgIpc) is 2.96. The van der Waals surface area contributed by atoms with Crippen LogP contribution in [0.4, 0.5) is 5.69 Å². The van der Waals surface area contributed by atoms with Crippen LogP contribution in [0.2, 0.25) is 0 Å². The standard InChI is InChI=1S/C20H22N2O3/c1-3-4-7-15-10-12-16(13-11-15)21-19(23)14(2)22-17-8-5-6-9-18(17)25-20(22)24/h5-6,8-14H,3-4,7H2,1-2H3,(H,21,23)/t14-/m0/s1. The molecule has 3 rings (SSSR count). The highest BCUT2D eigenvalue weighted by molar-refractivity contribution is 5.94. The van der Waals surface area contributed by atoms with Crippen LogP contribution in [0.25, 0.3) is 11.1 Å². The Morgan fingerprint density at radius 3 is 2.60 bits per heavy atom. The number of anilines is 1. The largest absolute Gasteiger partial charge is 0.420 e.